The standard InChI is InChI=1S/C17H26ClN5O3/c1-5-6-7-8-9-11(2)19-12(24)10-23-13-14(20-16(23)18)21(3)17(26)22(4)15(13)25/h11H,5-10H2,1-4H3,(H,19,24)/t11-/m1/s1. The SMILES string of the molecule is CCCCCC[C@@H](C)NC(=O)Cn1c(Cl)nc2c1c(=O)n(C)c(=O)n2C. The lowest BCUT2D eigenvalue weighted by Crippen LogP contribution is -2.39. The third kappa shape index (κ3) is 4.17. The molecule has 0 aromatic carbocycles. The Kier molecular flexibility index (Phi) is 6.63. The van der Waals surface area contributed by atoms with Crippen LogP contribution >= 0.6 is 11.6 Å². The zero-order valence-electron chi connectivity index (χ0n) is 15.7. The van der Waals surface area contributed by atoms with Gasteiger partial charge in [0.2, 0.25) is 11.2 Å². The van der Waals surface area contributed by atoms with Gasteiger partial charge in [-0.3, -0.25) is 23.3 Å². The molecule has 0 aliphatic carbocycles. The Morgan fingerprint density at radius 3 is 2.54 bits per heavy atom. The van der Waals surface area contributed by atoms with Crippen molar-refractivity contribution in [3.63, 3.8) is 0 Å². The van der Waals surface area contributed by atoms with E-state index < -0.39 is 11.2 Å². The number of carbonyl (C=O) groups is 1. The van der Waals surface area contributed by atoms with Gasteiger partial charge in [0.25, 0.3) is 5.56 Å². The first-order chi connectivity index (χ1) is 12.3. The van der Waals surface area contributed by atoms with Gasteiger partial charge in [0.1, 0.15) is 6.54 Å². The second-order valence-electron chi connectivity index (χ2n) is 6.66. The summed E-state index contributed by atoms with van der Waals surface area (Å²) in [4.78, 5) is 40.9. The number of hydrogen-bond acceptors (Lipinski definition) is 4. The summed E-state index contributed by atoms with van der Waals surface area (Å²) in [5, 5.41) is 2.93. The molecule has 0 aliphatic heterocycles. The molecule has 1 N–H and O–H groups in total. The van der Waals surface area contributed by atoms with Gasteiger partial charge < -0.3 is 5.32 Å². The third-order valence-electron chi connectivity index (χ3n) is 4.50. The molecule has 0 spiro atoms. The number of halogens is 1. The first-order valence-corrected chi connectivity index (χ1v) is 9.26. The van der Waals surface area contributed by atoms with Gasteiger partial charge in [0.05, 0.1) is 0 Å². The van der Waals surface area contributed by atoms with Crippen molar-refractivity contribution in [1.82, 2.24) is 24.0 Å². The molecule has 0 saturated heterocycles. The number of imidazole rings is 1. The Morgan fingerprint density at radius 2 is 1.88 bits per heavy atom. The number of nitrogens with zero attached hydrogens (tertiary/aromatic N) is 4. The zero-order chi connectivity index (χ0) is 19.4. The summed E-state index contributed by atoms with van der Waals surface area (Å²) in [5.41, 5.74) is -0.703. The van der Waals surface area contributed by atoms with Gasteiger partial charge in [0, 0.05) is 20.1 Å². The number of unbranched alkanes of at least 4 members (excludes halogenated alkanes) is 3. The van der Waals surface area contributed by atoms with Crippen molar-refractivity contribution in [3.05, 3.63) is 26.1 Å². The Balaban J connectivity index is 2.18. The summed E-state index contributed by atoms with van der Waals surface area (Å²) in [7, 11) is 2.89. The number of amides is 1. The minimum absolute atomic E-state index is 0.00375. The molecule has 2 aromatic rings. The van der Waals surface area contributed by atoms with E-state index in [4.69, 9.17) is 11.6 Å². The molecule has 26 heavy (non-hydrogen) atoms. The summed E-state index contributed by atoms with van der Waals surface area (Å²) < 4.78 is 3.57. The lowest BCUT2D eigenvalue weighted by atomic mass is 10.1. The second-order valence-corrected chi connectivity index (χ2v) is 7.00. The fourth-order valence-corrected chi connectivity index (χ4v) is 3.20. The molecule has 0 unspecified atom stereocenters. The molecule has 0 bridgehead atoms. The lowest BCUT2D eigenvalue weighted by molar-refractivity contribution is -0.122. The maximum absolute atomic E-state index is 12.4. The van der Waals surface area contributed by atoms with Crippen molar-refractivity contribution in [3.8, 4) is 0 Å². The Labute approximate surface area is 156 Å². The van der Waals surface area contributed by atoms with E-state index in [0.29, 0.717) is 0 Å². The summed E-state index contributed by atoms with van der Waals surface area (Å²) in [6, 6.07) is 0.0418. The predicted molar refractivity (Wildman–Crippen MR) is 102 cm³/mol. The van der Waals surface area contributed by atoms with Crippen LogP contribution in [0.15, 0.2) is 9.59 Å². The summed E-state index contributed by atoms with van der Waals surface area (Å²) in [5.74, 6) is -0.245. The van der Waals surface area contributed by atoms with Crippen LogP contribution in [0.2, 0.25) is 5.28 Å². The minimum atomic E-state index is -0.525. The first kappa shape index (κ1) is 20.2. The Morgan fingerprint density at radius 1 is 1.19 bits per heavy atom. The van der Waals surface area contributed by atoms with E-state index in [2.05, 4.69) is 17.2 Å². The number of aryl methyl sites for hydroxylation is 1. The van der Waals surface area contributed by atoms with Gasteiger partial charge in [-0.15, -0.1) is 0 Å². The van der Waals surface area contributed by atoms with Gasteiger partial charge in [-0.1, -0.05) is 32.6 Å². The van der Waals surface area contributed by atoms with Crippen molar-refractivity contribution >= 4 is 28.7 Å². The van der Waals surface area contributed by atoms with Crippen LogP contribution in [0.4, 0.5) is 0 Å². The summed E-state index contributed by atoms with van der Waals surface area (Å²) in [6.45, 7) is 3.99. The predicted octanol–water partition coefficient (Wildman–Crippen LogP) is 1.56. The molecule has 9 heteroatoms. The Hall–Kier alpha value is -2.09. The van der Waals surface area contributed by atoms with Crippen molar-refractivity contribution in [2.24, 2.45) is 14.1 Å². The van der Waals surface area contributed by atoms with Gasteiger partial charge in [-0.25, -0.2) is 4.79 Å². The molecule has 1 atom stereocenters. The molecule has 2 rings (SSSR count). The van der Waals surface area contributed by atoms with Gasteiger partial charge in [-0.05, 0) is 24.9 Å². The molecule has 0 saturated carbocycles. The van der Waals surface area contributed by atoms with Crippen LogP contribution < -0.4 is 16.6 Å². The lowest BCUT2D eigenvalue weighted by Gasteiger charge is -2.14. The van der Waals surface area contributed by atoms with Crippen molar-refractivity contribution in [2.75, 3.05) is 0 Å². The van der Waals surface area contributed by atoms with Crippen LogP contribution in [0.1, 0.15) is 46.0 Å². The van der Waals surface area contributed by atoms with E-state index in [0.717, 1.165) is 23.8 Å². The van der Waals surface area contributed by atoms with Crippen molar-refractivity contribution in [1.29, 1.82) is 0 Å². The van der Waals surface area contributed by atoms with E-state index in [1.165, 1.54) is 36.1 Å². The Bertz CT molecular complexity index is 912. The molecule has 1 amide bonds. The maximum atomic E-state index is 12.4. The molecular weight excluding hydrogens is 358 g/mol. The summed E-state index contributed by atoms with van der Waals surface area (Å²) in [6.07, 6.45) is 5.48. The average Bonchev–Trinajstić information content (AvgIpc) is 2.91. The fraction of sp³-hybridized carbons (Fsp3) is 0.647. The number of nitrogens with one attached hydrogen (secondary N) is 1. The minimum Gasteiger partial charge on any atom is -0.352 e. The van der Waals surface area contributed by atoms with Crippen LogP contribution in [0, 0.1) is 0 Å². The summed E-state index contributed by atoms with van der Waals surface area (Å²) >= 11 is 6.12. The highest BCUT2D eigenvalue weighted by atomic mass is 35.5. The average molecular weight is 384 g/mol. The highest BCUT2D eigenvalue weighted by Gasteiger charge is 2.20. The molecule has 0 fully saturated rings. The highest BCUT2D eigenvalue weighted by molar-refractivity contribution is 6.29. The van der Waals surface area contributed by atoms with E-state index in [1.807, 2.05) is 6.92 Å². The quantitative estimate of drug-likeness (QED) is 0.553. The van der Waals surface area contributed by atoms with Gasteiger partial charge in [0.15, 0.2) is 11.2 Å². The normalized spacial score (nSPS) is 12.5. The topological polar surface area (TPSA) is 90.9 Å². The smallest absolute Gasteiger partial charge is 0.332 e. The van der Waals surface area contributed by atoms with Crippen LogP contribution in [-0.2, 0) is 25.4 Å². The molecule has 144 valence electrons. The molecule has 0 aliphatic rings. The number of rotatable bonds is 8. The molecular formula is C17H26ClN5O3. The van der Waals surface area contributed by atoms with Crippen LogP contribution in [0.3, 0.4) is 0 Å². The highest BCUT2D eigenvalue weighted by Crippen LogP contribution is 2.15. The monoisotopic (exact) mass is 383 g/mol. The van der Waals surface area contributed by atoms with Crippen molar-refractivity contribution in [2.45, 2.75) is 58.5 Å². The van der Waals surface area contributed by atoms with Crippen LogP contribution in [0.25, 0.3) is 11.2 Å². The number of aromatic nitrogens is 4. The third-order valence-corrected chi connectivity index (χ3v) is 4.79. The number of carbonyl (C=O) groups excluding carboxylic acids is 1. The van der Waals surface area contributed by atoms with E-state index in [-0.39, 0.29) is 34.9 Å². The first-order valence-electron chi connectivity index (χ1n) is 8.89. The molecule has 2 aromatic heterocycles. The molecule has 0 radical (unpaired) electrons. The maximum Gasteiger partial charge on any atom is 0.332 e. The number of hydrogen-bond donors (Lipinski definition) is 1. The van der Waals surface area contributed by atoms with Crippen LogP contribution in [-0.4, -0.2) is 30.6 Å². The van der Waals surface area contributed by atoms with E-state index in [1.54, 1.807) is 0 Å². The number of fused-ring (bicyclic) bond motifs is 1. The molecule has 8 nitrogen and oxygen atoms in total. The van der Waals surface area contributed by atoms with Crippen molar-refractivity contribution < 1.29 is 4.79 Å². The van der Waals surface area contributed by atoms with E-state index >= 15 is 0 Å². The molecule has 2 heterocycles. The zero-order valence-corrected chi connectivity index (χ0v) is 16.5. The largest absolute Gasteiger partial charge is 0.352 e. The van der Waals surface area contributed by atoms with Gasteiger partial charge in [-0.2, -0.15) is 4.98 Å². The van der Waals surface area contributed by atoms with Gasteiger partial charge >= 0.3 is 5.69 Å². The van der Waals surface area contributed by atoms with E-state index in [9.17, 15) is 14.4 Å². The second kappa shape index (κ2) is 8.53. The van der Waals surface area contributed by atoms with Crippen LogP contribution in [0.5, 0.6) is 0 Å². The fourth-order valence-electron chi connectivity index (χ4n) is 2.98.